The fourth-order valence-electron chi connectivity index (χ4n) is 1.41. The molecule has 1 aromatic rings. The molecule has 0 saturated heterocycles. The SMILES string of the molecule is CNCC(=O)NCC(C)(C)c1cccnc1. The minimum absolute atomic E-state index is 0.0134. The summed E-state index contributed by atoms with van der Waals surface area (Å²) < 4.78 is 0. The van der Waals surface area contributed by atoms with Crippen LogP contribution in [0.4, 0.5) is 0 Å². The zero-order valence-electron chi connectivity index (χ0n) is 10.1. The Morgan fingerprint density at radius 3 is 2.81 bits per heavy atom. The van der Waals surface area contributed by atoms with E-state index in [1.807, 2.05) is 18.3 Å². The minimum Gasteiger partial charge on any atom is -0.354 e. The predicted molar refractivity (Wildman–Crippen MR) is 64.2 cm³/mol. The Bertz CT molecular complexity index is 335. The van der Waals surface area contributed by atoms with Crippen molar-refractivity contribution in [2.24, 2.45) is 0 Å². The average molecular weight is 221 g/mol. The van der Waals surface area contributed by atoms with Gasteiger partial charge in [0.05, 0.1) is 6.54 Å². The van der Waals surface area contributed by atoms with Crippen LogP contribution in [-0.2, 0) is 10.2 Å². The van der Waals surface area contributed by atoms with Crippen LogP contribution in [-0.4, -0.2) is 31.0 Å². The number of hydrogen-bond donors (Lipinski definition) is 2. The lowest BCUT2D eigenvalue weighted by Gasteiger charge is -2.25. The normalized spacial score (nSPS) is 11.2. The molecule has 88 valence electrons. The highest BCUT2D eigenvalue weighted by atomic mass is 16.1. The molecule has 4 heteroatoms. The van der Waals surface area contributed by atoms with Gasteiger partial charge in [-0.15, -0.1) is 0 Å². The van der Waals surface area contributed by atoms with E-state index in [0.717, 1.165) is 5.56 Å². The van der Waals surface area contributed by atoms with Gasteiger partial charge in [0, 0.05) is 24.4 Å². The second kappa shape index (κ2) is 5.61. The number of likely N-dealkylation sites (N-methyl/N-ethyl adjacent to an activating group) is 1. The second-order valence-electron chi connectivity index (χ2n) is 4.43. The molecular formula is C12H19N3O. The van der Waals surface area contributed by atoms with Crippen LogP contribution in [0, 0.1) is 0 Å². The molecule has 0 spiro atoms. The van der Waals surface area contributed by atoms with E-state index in [4.69, 9.17) is 0 Å². The third kappa shape index (κ3) is 3.62. The number of carbonyl (C=O) groups is 1. The van der Waals surface area contributed by atoms with Gasteiger partial charge in [-0.2, -0.15) is 0 Å². The monoisotopic (exact) mass is 221 g/mol. The van der Waals surface area contributed by atoms with Crippen LogP contribution in [0.15, 0.2) is 24.5 Å². The lowest BCUT2D eigenvalue weighted by atomic mass is 9.86. The van der Waals surface area contributed by atoms with Gasteiger partial charge in [0.25, 0.3) is 0 Å². The molecule has 1 aromatic heterocycles. The van der Waals surface area contributed by atoms with Gasteiger partial charge < -0.3 is 10.6 Å². The number of amides is 1. The fourth-order valence-corrected chi connectivity index (χ4v) is 1.41. The van der Waals surface area contributed by atoms with Gasteiger partial charge in [0.2, 0.25) is 5.91 Å². The Balaban J connectivity index is 2.55. The van der Waals surface area contributed by atoms with Gasteiger partial charge in [-0.25, -0.2) is 0 Å². The molecular weight excluding hydrogens is 202 g/mol. The summed E-state index contributed by atoms with van der Waals surface area (Å²) in [5.41, 5.74) is 1.03. The average Bonchev–Trinajstić information content (AvgIpc) is 2.28. The Labute approximate surface area is 96.5 Å². The first-order valence-electron chi connectivity index (χ1n) is 5.38. The van der Waals surface area contributed by atoms with Crippen molar-refractivity contribution in [2.75, 3.05) is 20.1 Å². The second-order valence-corrected chi connectivity index (χ2v) is 4.43. The largest absolute Gasteiger partial charge is 0.354 e. The van der Waals surface area contributed by atoms with E-state index in [9.17, 15) is 4.79 Å². The van der Waals surface area contributed by atoms with Gasteiger partial charge in [0.15, 0.2) is 0 Å². The Morgan fingerprint density at radius 2 is 2.25 bits per heavy atom. The molecule has 0 aliphatic heterocycles. The van der Waals surface area contributed by atoms with E-state index in [0.29, 0.717) is 13.1 Å². The maximum Gasteiger partial charge on any atom is 0.233 e. The highest BCUT2D eigenvalue weighted by Crippen LogP contribution is 2.20. The summed E-state index contributed by atoms with van der Waals surface area (Å²) in [6.45, 7) is 5.13. The summed E-state index contributed by atoms with van der Waals surface area (Å²) in [5, 5.41) is 5.71. The lowest BCUT2D eigenvalue weighted by molar-refractivity contribution is -0.120. The van der Waals surface area contributed by atoms with E-state index in [2.05, 4.69) is 29.5 Å². The minimum atomic E-state index is -0.0995. The molecule has 4 nitrogen and oxygen atoms in total. The molecule has 0 bridgehead atoms. The highest BCUT2D eigenvalue weighted by Gasteiger charge is 2.21. The summed E-state index contributed by atoms with van der Waals surface area (Å²) in [6.07, 6.45) is 3.59. The molecule has 1 amide bonds. The van der Waals surface area contributed by atoms with Crippen LogP contribution in [0.1, 0.15) is 19.4 Å². The number of nitrogens with zero attached hydrogens (tertiary/aromatic N) is 1. The Morgan fingerprint density at radius 1 is 1.50 bits per heavy atom. The number of pyridine rings is 1. The van der Waals surface area contributed by atoms with E-state index in [-0.39, 0.29) is 11.3 Å². The Kier molecular flexibility index (Phi) is 4.43. The fraction of sp³-hybridized carbons (Fsp3) is 0.500. The maximum atomic E-state index is 11.3. The molecule has 1 rings (SSSR count). The number of aromatic nitrogens is 1. The van der Waals surface area contributed by atoms with Crippen molar-refractivity contribution in [1.29, 1.82) is 0 Å². The first kappa shape index (κ1) is 12.6. The molecule has 0 fully saturated rings. The smallest absolute Gasteiger partial charge is 0.233 e. The molecule has 0 unspecified atom stereocenters. The third-order valence-electron chi connectivity index (χ3n) is 2.51. The molecule has 16 heavy (non-hydrogen) atoms. The van der Waals surface area contributed by atoms with Gasteiger partial charge >= 0.3 is 0 Å². The lowest BCUT2D eigenvalue weighted by Crippen LogP contribution is -2.40. The third-order valence-corrected chi connectivity index (χ3v) is 2.51. The van der Waals surface area contributed by atoms with Crippen molar-refractivity contribution >= 4 is 5.91 Å². The first-order valence-corrected chi connectivity index (χ1v) is 5.38. The van der Waals surface area contributed by atoms with Crippen molar-refractivity contribution < 1.29 is 4.79 Å². The standard InChI is InChI=1S/C12H19N3O/c1-12(2,9-15-11(16)8-13-3)10-5-4-6-14-7-10/h4-7,13H,8-9H2,1-3H3,(H,15,16). The zero-order valence-corrected chi connectivity index (χ0v) is 10.1. The van der Waals surface area contributed by atoms with Crippen LogP contribution in [0.2, 0.25) is 0 Å². The number of carbonyl (C=O) groups excluding carboxylic acids is 1. The molecule has 0 aliphatic carbocycles. The van der Waals surface area contributed by atoms with Gasteiger partial charge in [-0.1, -0.05) is 19.9 Å². The summed E-state index contributed by atoms with van der Waals surface area (Å²) in [6, 6.07) is 3.93. The molecule has 0 atom stereocenters. The van der Waals surface area contributed by atoms with Crippen LogP contribution in [0.3, 0.4) is 0 Å². The van der Waals surface area contributed by atoms with Crippen molar-refractivity contribution in [3.05, 3.63) is 30.1 Å². The van der Waals surface area contributed by atoms with Crippen LogP contribution in [0.25, 0.3) is 0 Å². The number of rotatable bonds is 5. The summed E-state index contributed by atoms with van der Waals surface area (Å²) in [4.78, 5) is 15.4. The molecule has 0 saturated carbocycles. The Hall–Kier alpha value is -1.42. The maximum absolute atomic E-state index is 11.3. The van der Waals surface area contributed by atoms with Crippen LogP contribution >= 0.6 is 0 Å². The number of hydrogen-bond acceptors (Lipinski definition) is 3. The molecule has 2 N–H and O–H groups in total. The molecule has 0 radical (unpaired) electrons. The molecule has 0 aliphatic rings. The van der Waals surface area contributed by atoms with E-state index in [1.54, 1.807) is 13.2 Å². The van der Waals surface area contributed by atoms with Crippen molar-refractivity contribution in [3.63, 3.8) is 0 Å². The predicted octanol–water partition coefficient (Wildman–Crippen LogP) is 0.695. The van der Waals surface area contributed by atoms with Gasteiger partial charge in [0.1, 0.15) is 0 Å². The van der Waals surface area contributed by atoms with Crippen molar-refractivity contribution in [2.45, 2.75) is 19.3 Å². The van der Waals surface area contributed by atoms with E-state index < -0.39 is 0 Å². The molecule has 1 heterocycles. The first-order chi connectivity index (χ1) is 7.56. The highest BCUT2D eigenvalue weighted by molar-refractivity contribution is 5.78. The quantitative estimate of drug-likeness (QED) is 0.769. The van der Waals surface area contributed by atoms with Crippen LogP contribution < -0.4 is 10.6 Å². The van der Waals surface area contributed by atoms with Crippen LogP contribution in [0.5, 0.6) is 0 Å². The topological polar surface area (TPSA) is 54.0 Å². The summed E-state index contributed by atoms with van der Waals surface area (Å²) in [5.74, 6) is 0.0134. The number of nitrogens with one attached hydrogen (secondary N) is 2. The van der Waals surface area contributed by atoms with E-state index in [1.165, 1.54) is 0 Å². The molecule has 0 aromatic carbocycles. The van der Waals surface area contributed by atoms with Gasteiger partial charge in [-0.05, 0) is 18.7 Å². The summed E-state index contributed by atoms with van der Waals surface area (Å²) >= 11 is 0. The zero-order chi connectivity index (χ0) is 12.0. The van der Waals surface area contributed by atoms with E-state index >= 15 is 0 Å². The summed E-state index contributed by atoms with van der Waals surface area (Å²) in [7, 11) is 1.76. The van der Waals surface area contributed by atoms with Crippen molar-refractivity contribution in [3.8, 4) is 0 Å². The van der Waals surface area contributed by atoms with Crippen molar-refractivity contribution in [1.82, 2.24) is 15.6 Å². The van der Waals surface area contributed by atoms with Gasteiger partial charge in [-0.3, -0.25) is 9.78 Å².